The second kappa shape index (κ2) is 3.78. The molecule has 6 heterocycles. The fourth-order valence-electron chi connectivity index (χ4n) is 11.0. The van der Waals surface area contributed by atoms with E-state index in [0.29, 0.717) is 23.7 Å². The van der Waals surface area contributed by atoms with Crippen molar-refractivity contribution in [1.29, 1.82) is 0 Å². The van der Waals surface area contributed by atoms with Crippen LogP contribution >= 0.6 is 0 Å². The van der Waals surface area contributed by atoms with Gasteiger partial charge in [0.1, 0.15) is 0 Å². The van der Waals surface area contributed by atoms with E-state index in [9.17, 15) is 19.2 Å². The fraction of sp³-hybridized carbons (Fsp3) is 0.800. The second-order valence-corrected chi connectivity index (χ2v) is 11.0. The van der Waals surface area contributed by atoms with Crippen LogP contribution in [-0.2, 0) is 14.1 Å². The predicted octanol–water partition coefficient (Wildman–Crippen LogP) is -1.03. The molecule has 156 valence electrons. The Bertz CT molecular complexity index is 1280. The van der Waals surface area contributed by atoms with Crippen LogP contribution in [0.25, 0.3) is 0 Å². The van der Waals surface area contributed by atoms with E-state index in [2.05, 4.69) is 0 Å². The maximum atomic E-state index is 13.2. The van der Waals surface area contributed by atoms with Crippen LogP contribution in [0.4, 0.5) is 0 Å². The average molecular weight is 410 g/mol. The molecule has 10 nitrogen and oxygen atoms in total. The molecule has 4 aliphatic carbocycles. The van der Waals surface area contributed by atoms with Gasteiger partial charge >= 0.3 is 22.8 Å². The minimum atomic E-state index is -0.216. The summed E-state index contributed by atoms with van der Waals surface area (Å²) < 4.78 is 9.71. The third-order valence-corrected chi connectivity index (χ3v) is 11.1. The number of hydrogen-bond donors (Lipinski definition) is 0. The Morgan fingerprint density at radius 3 is 1.10 bits per heavy atom. The minimum Gasteiger partial charge on any atom is -0.246 e. The van der Waals surface area contributed by atoms with Gasteiger partial charge in [-0.1, -0.05) is 12.8 Å². The third kappa shape index (κ3) is 0.940. The summed E-state index contributed by atoms with van der Waals surface area (Å²) in [6, 6.07) is -0.106. The van der Waals surface area contributed by atoms with Gasteiger partial charge in [0.15, 0.2) is 0 Å². The quantitative estimate of drug-likeness (QED) is 0.555. The molecule has 6 unspecified atom stereocenters. The molecule has 0 radical (unpaired) electrons. The molecule has 0 aromatic carbocycles. The lowest BCUT2D eigenvalue weighted by Crippen LogP contribution is -2.69. The van der Waals surface area contributed by atoms with E-state index in [1.165, 1.54) is 9.13 Å². The van der Waals surface area contributed by atoms with E-state index in [0.717, 1.165) is 25.7 Å². The Balaban J connectivity index is 1.53. The summed E-state index contributed by atoms with van der Waals surface area (Å²) >= 11 is 0. The lowest BCUT2D eigenvalue weighted by Gasteiger charge is -2.68. The Hall–Kier alpha value is -2.52. The van der Waals surface area contributed by atoms with Crippen LogP contribution in [0, 0.1) is 34.5 Å². The van der Waals surface area contributed by atoms with E-state index >= 15 is 0 Å². The smallest absolute Gasteiger partial charge is 0.246 e. The van der Waals surface area contributed by atoms with Gasteiger partial charge in [0.05, 0.1) is 24.2 Å². The first-order valence-electron chi connectivity index (χ1n) is 11.2. The van der Waals surface area contributed by atoms with Gasteiger partial charge < -0.3 is 0 Å². The molecule has 10 rings (SSSR count). The molecular formula is C20H22N6O4. The molecule has 8 aliphatic rings. The molecule has 0 saturated heterocycles. The largest absolute Gasteiger partial charge is 0.347 e. The Kier molecular flexibility index (Phi) is 1.93. The molecule has 4 bridgehead atoms. The van der Waals surface area contributed by atoms with E-state index in [1.54, 1.807) is 32.8 Å². The molecule has 0 N–H and O–H groups in total. The molecule has 10 heteroatoms. The predicted molar refractivity (Wildman–Crippen MR) is 101 cm³/mol. The molecule has 0 amide bonds. The Morgan fingerprint density at radius 2 is 0.833 bits per heavy atom. The molecule has 2 spiro atoms. The zero-order valence-corrected chi connectivity index (χ0v) is 16.8. The van der Waals surface area contributed by atoms with E-state index in [4.69, 9.17) is 0 Å². The molecule has 10 atom stereocenters. The first kappa shape index (κ1) is 15.3. The Morgan fingerprint density at radius 1 is 0.567 bits per heavy atom. The van der Waals surface area contributed by atoms with Crippen molar-refractivity contribution in [2.75, 3.05) is 0 Å². The maximum Gasteiger partial charge on any atom is 0.347 e. The van der Waals surface area contributed by atoms with Crippen LogP contribution in [0.2, 0.25) is 0 Å². The lowest BCUT2D eigenvalue weighted by atomic mass is 9.44. The molecule has 2 aromatic heterocycles. The van der Waals surface area contributed by atoms with Crippen molar-refractivity contribution >= 4 is 0 Å². The van der Waals surface area contributed by atoms with Crippen molar-refractivity contribution in [3.8, 4) is 0 Å². The van der Waals surface area contributed by atoms with E-state index in [-0.39, 0.29) is 57.8 Å². The van der Waals surface area contributed by atoms with Gasteiger partial charge in [0, 0.05) is 24.9 Å². The molecule has 4 saturated carbocycles. The Labute approximate surface area is 168 Å². The van der Waals surface area contributed by atoms with Gasteiger partial charge in [-0.15, -0.1) is 0 Å². The maximum absolute atomic E-state index is 13.2. The number of rotatable bonds is 0. The molecule has 30 heavy (non-hydrogen) atoms. The van der Waals surface area contributed by atoms with Crippen molar-refractivity contribution in [2.24, 2.45) is 48.6 Å². The summed E-state index contributed by atoms with van der Waals surface area (Å²) in [6.45, 7) is 0. The zero-order valence-electron chi connectivity index (χ0n) is 16.8. The highest BCUT2D eigenvalue weighted by atomic mass is 16.2. The van der Waals surface area contributed by atoms with Gasteiger partial charge in [0.25, 0.3) is 0 Å². The number of hydrogen-bond acceptors (Lipinski definition) is 4. The van der Waals surface area contributed by atoms with Crippen molar-refractivity contribution in [3.63, 3.8) is 0 Å². The van der Waals surface area contributed by atoms with Gasteiger partial charge in [-0.25, -0.2) is 47.0 Å². The topological polar surface area (TPSA) is 97.9 Å². The van der Waals surface area contributed by atoms with Crippen LogP contribution < -0.4 is 22.8 Å². The first-order valence-corrected chi connectivity index (χ1v) is 11.2. The SMILES string of the molecule is Cn1c(=O)n2n(c1=O)[C@H]1C3C4C5C3[C@H]3n6c(=O)n(C)c(=O)n6[C@H]5C5(CCCCC135)[C@H]42. The third-order valence-electron chi connectivity index (χ3n) is 11.1. The number of nitrogens with zero attached hydrogens (tertiary/aromatic N) is 6. The summed E-state index contributed by atoms with van der Waals surface area (Å²) in [4.78, 5) is 52.8. The van der Waals surface area contributed by atoms with Gasteiger partial charge in [0.2, 0.25) is 0 Å². The molecule has 4 aliphatic heterocycles. The zero-order chi connectivity index (χ0) is 20.2. The van der Waals surface area contributed by atoms with Gasteiger partial charge in [-0.05, 0) is 36.5 Å². The lowest BCUT2D eigenvalue weighted by molar-refractivity contribution is -0.212. The highest BCUT2D eigenvalue weighted by Gasteiger charge is 2.96. The first-order chi connectivity index (χ1) is 14.4. The summed E-state index contributed by atoms with van der Waals surface area (Å²) in [5, 5.41) is 0. The number of aromatic nitrogens is 6. The average Bonchev–Trinajstić information content (AvgIpc) is 3.26. The van der Waals surface area contributed by atoms with Crippen LogP contribution in [0.1, 0.15) is 49.9 Å². The summed E-state index contributed by atoms with van der Waals surface area (Å²) in [7, 11) is 3.16. The molecule has 4 fully saturated rings. The molecule has 2 aromatic rings. The minimum absolute atomic E-state index is 0.0265. The van der Waals surface area contributed by atoms with Crippen molar-refractivity contribution < 1.29 is 0 Å². The highest BCUT2D eigenvalue weighted by molar-refractivity contribution is 5.42. The summed E-state index contributed by atoms with van der Waals surface area (Å²) in [5.74, 6) is 1.38. The van der Waals surface area contributed by atoms with Crippen molar-refractivity contribution in [3.05, 3.63) is 41.9 Å². The van der Waals surface area contributed by atoms with Crippen LogP contribution in [0.3, 0.4) is 0 Å². The van der Waals surface area contributed by atoms with Gasteiger partial charge in [-0.3, -0.25) is 0 Å². The molecular weight excluding hydrogens is 388 g/mol. The normalized spacial score (nSPS) is 51.3. The van der Waals surface area contributed by atoms with Crippen molar-refractivity contribution in [1.82, 2.24) is 27.9 Å². The van der Waals surface area contributed by atoms with Crippen molar-refractivity contribution in [2.45, 2.75) is 49.9 Å². The summed E-state index contributed by atoms with van der Waals surface area (Å²) in [6.07, 6.45) is 4.13. The summed E-state index contributed by atoms with van der Waals surface area (Å²) in [5.41, 5.74) is -1.26. The standard InChI is InChI=1S/C20H22N6O4/c1-21-15(27)23-11-7-8-10-9(7)13-19(11)5-3-4-6-20(19,12(8)24(23)16(21)28)14(10)26-18(30)22(2)17(29)25(13)26/h7-14H,3-6H2,1-2H3/t7?,8?,9?,10?,11-,12-,13+,14+,19?,20?. The van der Waals surface area contributed by atoms with Gasteiger partial charge in [-0.2, -0.15) is 0 Å². The van der Waals surface area contributed by atoms with E-state index < -0.39 is 0 Å². The van der Waals surface area contributed by atoms with Crippen LogP contribution in [0.15, 0.2) is 19.2 Å². The fourth-order valence-corrected chi connectivity index (χ4v) is 11.0. The van der Waals surface area contributed by atoms with Crippen LogP contribution in [0.5, 0.6) is 0 Å². The monoisotopic (exact) mass is 410 g/mol. The second-order valence-electron chi connectivity index (χ2n) is 11.0. The highest BCUT2D eigenvalue weighted by Crippen LogP contribution is 2.96. The van der Waals surface area contributed by atoms with Crippen LogP contribution in [-0.4, -0.2) is 27.9 Å². The van der Waals surface area contributed by atoms with E-state index in [1.807, 2.05) is 0 Å².